The summed E-state index contributed by atoms with van der Waals surface area (Å²) in [6.07, 6.45) is -9.81. The minimum absolute atomic E-state index is 0.0998. The van der Waals surface area contributed by atoms with Crippen molar-refractivity contribution in [3.63, 3.8) is 0 Å². The van der Waals surface area contributed by atoms with Crippen molar-refractivity contribution >= 4 is 10.5 Å². The fraction of sp³-hybridized carbons (Fsp3) is 0.368. The van der Waals surface area contributed by atoms with Crippen LogP contribution in [0.2, 0.25) is 0 Å². The van der Waals surface area contributed by atoms with E-state index in [-0.39, 0.29) is 40.9 Å². The first-order valence-corrected chi connectivity index (χ1v) is 9.52. The van der Waals surface area contributed by atoms with E-state index in [0.29, 0.717) is 17.7 Å². The number of benzene rings is 2. The van der Waals surface area contributed by atoms with Crippen LogP contribution in [0.3, 0.4) is 0 Å². The largest absolute Gasteiger partial charge is 0.416 e. The molecule has 2 rings (SSSR count). The van der Waals surface area contributed by atoms with E-state index in [1.807, 2.05) is 0 Å². The lowest BCUT2D eigenvalue weighted by atomic mass is 9.98. The second-order valence-corrected chi connectivity index (χ2v) is 6.41. The van der Waals surface area contributed by atoms with Crippen LogP contribution in [0.25, 0.3) is 11.1 Å². The van der Waals surface area contributed by atoms with Gasteiger partial charge in [-0.3, -0.25) is 0 Å². The Labute approximate surface area is 167 Å². The van der Waals surface area contributed by atoms with Crippen molar-refractivity contribution in [1.29, 1.82) is 0 Å². The molecule has 0 aliphatic heterocycles. The molecule has 0 unspecified atom stereocenters. The van der Waals surface area contributed by atoms with Gasteiger partial charge in [0.2, 0.25) is 0 Å². The average molecular weight is 438 g/mol. The van der Waals surface area contributed by atoms with Crippen LogP contribution in [-0.2, 0) is 32.2 Å². The maximum absolute atomic E-state index is 13.1. The molecule has 0 fully saturated rings. The Balaban J connectivity index is 2.53. The lowest BCUT2D eigenvalue weighted by molar-refractivity contribution is -0.352. The van der Waals surface area contributed by atoms with Gasteiger partial charge in [0.1, 0.15) is 0 Å². The molecule has 0 N–H and O–H groups in total. The zero-order valence-corrected chi connectivity index (χ0v) is 17.9. The third kappa shape index (κ3) is 5.38. The summed E-state index contributed by atoms with van der Waals surface area (Å²) in [6.45, 7) is 4.02. The minimum Gasteiger partial charge on any atom is -0.376 e. The number of halogens is 6. The molecule has 0 saturated carbocycles. The van der Waals surface area contributed by atoms with Gasteiger partial charge in [0.25, 0.3) is 0 Å². The summed E-state index contributed by atoms with van der Waals surface area (Å²) in [7, 11) is 0.270. The van der Waals surface area contributed by atoms with E-state index in [1.54, 1.807) is 13.8 Å². The second kappa shape index (κ2) is 8.86. The molecule has 0 heterocycles. The van der Waals surface area contributed by atoms with Crippen molar-refractivity contribution in [2.24, 2.45) is 0 Å². The molecular weight excluding hydrogens is 418 g/mol. The first-order chi connectivity index (χ1) is 13.5. The first-order valence-electron chi connectivity index (χ1n) is 8.70. The third-order valence-electron chi connectivity index (χ3n) is 4.10. The molecule has 3 nitrogen and oxygen atoms in total. The van der Waals surface area contributed by atoms with Gasteiger partial charge >= 0.3 is 18.3 Å². The Bertz CT molecular complexity index is 780. The lowest BCUT2D eigenvalue weighted by Crippen LogP contribution is -2.35. The van der Waals surface area contributed by atoms with E-state index in [2.05, 4.69) is 0 Å². The molecule has 0 aliphatic carbocycles. The van der Waals surface area contributed by atoms with Crippen LogP contribution in [0.4, 0.5) is 26.3 Å². The number of ether oxygens (including phenoxy) is 2. The van der Waals surface area contributed by atoms with Gasteiger partial charge in [-0.1, -0.05) is 24.3 Å². The van der Waals surface area contributed by atoms with E-state index in [9.17, 15) is 26.3 Å². The van der Waals surface area contributed by atoms with Crippen LogP contribution in [0.15, 0.2) is 42.5 Å². The van der Waals surface area contributed by atoms with E-state index >= 15 is 0 Å². The van der Waals surface area contributed by atoms with Crippen LogP contribution in [0.1, 0.15) is 30.5 Å². The van der Waals surface area contributed by atoms with Gasteiger partial charge in [0.05, 0.1) is 11.1 Å². The van der Waals surface area contributed by atoms with Crippen LogP contribution in [0.5, 0.6) is 0 Å². The zero-order valence-electron chi connectivity index (χ0n) is 15.9. The minimum atomic E-state index is -4.91. The van der Waals surface area contributed by atoms with Gasteiger partial charge in [0, 0.05) is 18.8 Å². The summed E-state index contributed by atoms with van der Waals surface area (Å²) in [6, 6.07) is 7.26. The monoisotopic (exact) mass is 438 g/mol. The molecule has 0 bridgehead atoms. The molecular formula is C19H20F6O3Si. The molecule has 0 amide bonds. The van der Waals surface area contributed by atoms with Crippen LogP contribution in [0, 0.1) is 0 Å². The fourth-order valence-corrected chi connectivity index (χ4v) is 3.28. The Morgan fingerprint density at radius 2 is 1.14 bits per heavy atom. The maximum Gasteiger partial charge on any atom is 0.416 e. The molecule has 0 atom stereocenters. The Kier molecular flexibility index (Phi) is 7.15. The lowest BCUT2D eigenvalue weighted by Gasteiger charge is -2.32. The van der Waals surface area contributed by atoms with Crippen LogP contribution in [-0.4, -0.2) is 23.7 Å². The summed E-state index contributed by atoms with van der Waals surface area (Å²) >= 11 is 0. The molecule has 0 aliphatic rings. The standard InChI is InChI=1S/C19H20F6O3Si/c1-3-26-19(28-29,27-4-2)14-7-5-12(6-8-14)13-9-15(17(20,21)22)11-16(10-13)18(23,24)25/h5-11H,3-4H2,1-2,29H3. The molecule has 0 saturated heterocycles. The maximum atomic E-state index is 13.1. The molecule has 10 heteroatoms. The quantitative estimate of drug-likeness (QED) is 0.351. The van der Waals surface area contributed by atoms with Crippen molar-refractivity contribution in [1.82, 2.24) is 0 Å². The number of hydrogen-bond acceptors (Lipinski definition) is 3. The van der Waals surface area contributed by atoms with Crippen molar-refractivity contribution < 1.29 is 40.2 Å². The number of rotatable bonds is 7. The van der Waals surface area contributed by atoms with Gasteiger partial charge in [-0.05, 0) is 43.2 Å². The van der Waals surface area contributed by atoms with E-state index in [4.69, 9.17) is 13.9 Å². The normalized spacial score (nSPS) is 13.1. The molecule has 0 radical (unpaired) electrons. The molecule has 0 aromatic heterocycles. The van der Waals surface area contributed by atoms with Crippen LogP contribution < -0.4 is 0 Å². The Morgan fingerprint density at radius 3 is 1.48 bits per heavy atom. The van der Waals surface area contributed by atoms with Gasteiger partial charge in [-0.2, -0.15) is 26.3 Å². The highest BCUT2D eigenvalue weighted by molar-refractivity contribution is 5.98. The predicted molar refractivity (Wildman–Crippen MR) is 97.8 cm³/mol. The van der Waals surface area contributed by atoms with E-state index in [0.717, 1.165) is 0 Å². The summed E-state index contributed by atoms with van der Waals surface area (Å²) < 4.78 is 95.1. The molecule has 160 valence electrons. The zero-order chi connectivity index (χ0) is 21.9. The first kappa shape index (κ1) is 23.4. The van der Waals surface area contributed by atoms with E-state index < -0.39 is 29.5 Å². The van der Waals surface area contributed by atoms with Gasteiger partial charge in [-0.15, -0.1) is 0 Å². The Morgan fingerprint density at radius 1 is 0.690 bits per heavy atom. The SMILES string of the molecule is CCOC(O[SiH3])(OCC)c1ccc(-c2cc(C(F)(F)F)cc(C(F)(F)F)c2)cc1. The second-order valence-electron chi connectivity index (χ2n) is 6.00. The van der Waals surface area contributed by atoms with Crippen LogP contribution >= 0.6 is 0 Å². The smallest absolute Gasteiger partial charge is 0.376 e. The molecule has 2 aromatic rings. The van der Waals surface area contributed by atoms with Gasteiger partial charge < -0.3 is 13.9 Å². The van der Waals surface area contributed by atoms with E-state index in [1.165, 1.54) is 24.3 Å². The summed E-state index contributed by atoms with van der Waals surface area (Å²) in [5.74, 6) is -1.46. The number of hydrogen-bond donors (Lipinski definition) is 0. The fourth-order valence-electron chi connectivity index (χ4n) is 2.81. The molecule has 0 spiro atoms. The molecule has 29 heavy (non-hydrogen) atoms. The summed E-state index contributed by atoms with van der Waals surface area (Å²) in [5, 5.41) is 0. The van der Waals surface area contributed by atoms with Crippen molar-refractivity contribution in [3.8, 4) is 11.1 Å². The third-order valence-corrected chi connectivity index (χ3v) is 4.63. The summed E-state index contributed by atoms with van der Waals surface area (Å²) in [5.41, 5.74) is -2.31. The van der Waals surface area contributed by atoms with Crippen molar-refractivity contribution in [2.45, 2.75) is 32.2 Å². The average Bonchev–Trinajstić information content (AvgIpc) is 2.66. The van der Waals surface area contributed by atoms with Crippen molar-refractivity contribution in [2.75, 3.05) is 13.2 Å². The topological polar surface area (TPSA) is 27.7 Å². The molecule has 2 aromatic carbocycles. The Hall–Kier alpha value is -1.88. The highest BCUT2D eigenvalue weighted by Gasteiger charge is 2.37. The highest BCUT2D eigenvalue weighted by Crippen LogP contribution is 2.39. The number of alkyl halides is 6. The highest BCUT2D eigenvalue weighted by atomic mass is 28.2. The van der Waals surface area contributed by atoms with Crippen molar-refractivity contribution in [3.05, 3.63) is 59.2 Å². The van der Waals surface area contributed by atoms with Gasteiger partial charge in [-0.25, -0.2) is 0 Å². The van der Waals surface area contributed by atoms with Gasteiger partial charge in [0.15, 0.2) is 10.5 Å². The summed E-state index contributed by atoms with van der Waals surface area (Å²) in [4.78, 5) is 0. The predicted octanol–water partition coefficient (Wildman–Crippen LogP) is 4.87.